The van der Waals surface area contributed by atoms with Crippen LogP contribution in [0.4, 0.5) is 5.13 Å². The van der Waals surface area contributed by atoms with Crippen LogP contribution in [-0.2, 0) is 9.59 Å². The second-order valence-electron chi connectivity index (χ2n) is 8.04. The summed E-state index contributed by atoms with van der Waals surface area (Å²) in [6.07, 6.45) is 0. The first-order valence-corrected chi connectivity index (χ1v) is 11.7. The van der Waals surface area contributed by atoms with E-state index in [2.05, 4.69) is 15.5 Å². The molecular formula is C24H27N5O3S. The fraction of sp³-hybridized carbons (Fsp3) is 0.333. The number of hydrogen-bond acceptors (Lipinski definition) is 7. The van der Waals surface area contributed by atoms with Crippen molar-refractivity contribution in [1.29, 1.82) is 0 Å². The van der Waals surface area contributed by atoms with Gasteiger partial charge in [-0.3, -0.25) is 19.8 Å². The Labute approximate surface area is 197 Å². The van der Waals surface area contributed by atoms with Crippen LogP contribution in [0.3, 0.4) is 0 Å². The number of nitrogens with zero attached hydrogens (tertiary/aromatic N) is 4. The van der Waals surface area contributed by atoms with Crippen molar-refractivity contribution in [3.05, 3.63) is 59.7 Å². The number of benzene rings is 2. The molecule has 0 aliphatic carbocycles. The Morgan fingerprint density at radius 2 is 1.82 bits per heavy atom. The third kappa shape index (κ3) is 6.15. The summed E-state index contributed by atoms with van der Waals surface area (Å²) in [5, 5.41) is 12.4. The molecule has 0 radical (unpaired) electrons. The molecule has 1 aliphatic heterocycles. The molecule has 1 N–H and O–H groups in total. The molecule has 33 heavy (non-hydrogen) atoms. The van der Waals surface area contributed by atoms with E-state index in [9.17, 15) is 9.59 Å². The quantitative estimate of drug-likeness (QED) is 0.577. The van der Waals surface area contributed by atoms with Gasteiger partial charge in [-0.1, -0.05) is 47.7 Å². The van der Waals surface area contributed by atoms with Crippen molar-refractivity contribution < 1.29 is 14.3 Å². The molecule has 4 rings (SSSR count). The number of anilines is 1. The zero-order chi connectivity index (χ0) is 23.2. The van der Waals surface area contributed by atoms with Gasteiger partial charge in [0.1, 0.15) is 10.8 Å². The van der Waals surface area contributed by atoms with Gasteiger partial charge in [-0.2, -0.15) is 0 Å². The fourth-order valence-electron chi connectivity index (χ4n) is 3.65. The molecule has 0 unspecified atom stereocenters. The molecule has 0 spiro atoms. The normalized spacial score (nSPS) is 14.2. The number of piperazine rings is 1. The van der Waals surface area contributed by atoms with E-state index >= 15 is 0 Å². The molecule has 0 saturated carbocycles. The standard InChI is InChI=1S/C24H27N5O3S/c1-17-6-5-8-19(14-17)32-16-22(31)29-12-10-28(11-13-29)15-21(30)25-24-27-26-23(33-24)20-9-4-3-7-18(20)2/h3-9,14H,10-13,15-16H2,1-2H3,(H,25,27,30). The molecular weight excluding hydrogens is 438 g/mol. The van der Waals surface area contributed by atoms with Crippen LogP contribution in [0, 0.1) is 13.8 Å². The first-order valence-electron chi connectivity index (χ1n) is 10.9. The van der Waals surface area contributed by atoms with Gasteiger partial charge in [-0.05, 0) is 37.1 Å². The smallest absolute Gasteiger partial charge is 0.260 e. The van der Waals surface area contributed by atoms with Crippen LogP contribution in [0.2, 0.25) is 0 Å². The summed E-state index contributed by atoms with van der Waals surface area (Å²) in [6, 6.07) is 15.6. The Balaban J connectivity index is 1.21. The summed E-state index contributed by atoms with van der Waals surface area (Å²) in [5.41, 5.74) is 3.22. The van der Waals surface area contributed by atoms with E-state index in [-0.39, 0.29) is 25.0 Å². The molecule has 0 atom stereocenters. The summed E-state index contributed by atoms with van der Waals surface area (Å²) in [6.45, 7) is 6.68. The van der Waals surface area contributed by atoms with Crippen LogP contribution in [0.15, 0.2) is 48.5 Å². The van der Waals surface area contributed by atoms with Crippen molar-refractivity contribution in [2.24, 2.45) is 0 Å². The van der Waals surface area contributed by atoms with Gasteiger partial charge < -0.3 is 9.64 Å². The lowest BCUT2D eigenvalue weighted by atomic mass is 10.1. The van der Waals surface area contributed by atoms with Gasteiger partial charge >= 0.3 is 0 Å². The lowest BCUT2D eigenvalue weighted by Gasteiger charge is -2.34. The highest BCUT2D eigenvalue weighted by Crippen LogP contribution is 2.28. The van der Waals surface area contributed by atoms with Crippen molar-refractivity contribution in [3.63, 3.8) is 0 Å². The molecule has 1 saturated heterocycles. The lowest BCUT2D eigenvalue weighted by molar-refractivity contribution is -0.135. The maximum atomic E-state index is 12.5. The summed E-state index contributed by atoms with van der Waals surface area (Å²) in [5.74, 6) is 0.518. The third-order valence-corrected chi connectivity index (χ3v) is 6.36. The van der Waals surface area contributed by atoms with Gasteiger partial charge in [0.05, 0.1) is 6.54 Å². The van der Waals surface area contributed by atoms with Crippen molar-refractivity contribution in [2.75, 3.05) is 44.6 Å². The molecule has 0 bridgehead atoms. The minimum absolute atomic E-state index is 0.0181. The molecule has 172 valence electrons. The Hall–Kier alpha value is -3.30. The number of carbonyl (C=O) groups is 2. The fourth-order valence-corrected chi connectivity index (χ4v) is 4.50. The highest BCUT2D eigenvalue weighted by molar-refractivity contribution is 7.18. The van der Waals surface area contributed by atoms with Crippen LogP contribution >= 0.6 is 11.3 Å². The maximum Gasteiger partial charge on any atom is 0.260 e. The van der Waals surface area contributed by atoms with E-state index in [0.717, 1.165) is 21.7 Å². The van der Waals surface area contributed by atoms with Crippen LogP contribution < -0.4 is 10.1 Å². The molecule has 8 nitrogen and oxygen atoms in total. The van der Waals surface area contributed by atoms with Crippen LogP contribution in [0.25, 0.3) is 10.6 Å². The lowest BCUT2D eigenvalue weighted by Crippen LogP contribution is -2.51. The third-order valence-electron chi connectivity index (χ3n) is 5.49. The van der Waals surface area contributed by atoms with Crippen LogP contribution in [0.1, 0.15) is 11.1 Å². The highest BCUT2D eigenvalue weighted by atomic mass is 32.1. The van der Waals surface area contributed by atoms with E-state index in [1.54, 1.807) is 4.90 Å². The highest BCUT2D eigenvalue weighted by Gasteiger charge is 2.23. The second-order valence-corrected chi connectivity index (χ2v) is 9.02. The van der Waals surface area contributed by atoms with Gasteiger partial charge in [0.2, 0.25) is 11.0 Å². The van der Waals surface area contributed by atoms with Gasteiger partial charge in [0.25, 0.3) is 5.91 Å². The van der Waals surface area contributed by atoms with Crippen molar-refractivity contribution >= 4 is 28.3 Å². The summed E-state index contributed by atoms with van der Waals surface area (Å²) in [7, 11) is 0. The Morgan fingerprint density at radius 1 is 1.03 bits per heavy atom. The van der Waals surface area contributed by atoms with Crippen molar-refractivity contribution in [3.8, 4) is 16.3 Å². The maximum absolute atomic E-state index is 12.5. The first-order chi connectivity index (χ1) is 16.0. The molecule has 9 heteroatoms. The predicted molar refractivity (Wildman–Crippen MR) is 128 cm³/mol. The Morgan fingerprint density at radius 3 is 2.58 bits per heavy atom. The van der Waals surface area contributed by atoms with Crippen molar-refractivity contribution in [2.45, 2.75) is 13.8 Å². The number of carbonyl (C=O) groups excluding carboxylic acids is 2. The minimum Gasteiger partial charge on any atom is -0.484 e. The van der Waals surface area contributed by atoms with Gasteiger partial charge in [0, 0.05) is 31.7 Å². The zero-order valence-corrected chi connectivity index (χ0v) is 19.6. The van der Waals surface area contributed by atoms with E-state index in [1.165, 1.54) is 11.3 Å². The molecule has 1 aliphatic rings. The van der Waals surface area contributed by atoms with E-state index in [0.29, 0.717) is 37.1 Å². The topological polar surface area (TPSA) is 87.7 Å². The minimum atomic E-state index is -0.134. The summed E-state index contributed by atoms with van der Waals surface area (Å²) in [4.78, 5) is 28.8. The van der Waals surface area contributed by atoms with E-state index in [4.69, 9.17) is 4.74 Å². The average Bonchev–Trinajstić information content (AvgIpc) is 3.26. The van der Waals surface area contributed by atoms with Gasteiger partial charge in [-0.15, -0.1) is 10.2 Å². The van der Waals surface area contributed by atoms with Gasteiger partial charge in [0.15, 0.2) is 6.61 Å². The zero-order valence-electron chi connectivity index (χ0n) is 18.8. The van der Waals surface area contributed by atoms with E-state index < -0.39 is 0 Å². The number of nitrogens with one attached hydrogen (secondary N) is 1. The molecule has 1 aromatic heterocycles. The van der Waals surface area contributed by atoms with E-state index in [1.807, 2.05) is 67.3 Å². The molecule has 2 heterocycles. The number of hydrogen-bond donors (Lipinski definition) is 1. The molecule has 1 fully saturated rings. The number of aryl methyl sites for hydroxylation is 2. The monoisotopic (exact) mass is 465 g/mol. The molecule has 2 amide bonds. The molecule has 2 aromatic carbocycles. The predicted octanol–water partition coefficient (Wildman–Crippen LogP) is 2.98. The Kier molecular flexibility index (Phi) is 7.31. The first kappa shape index (κ1) is 22.9. The van der Waals surface area contributed by atoms with Crippen LogP contribution in [0.5, 0.6) is 5.75 Å². The Bertz CT molecular complexity index is 1120. The average molecular weight is 466 g/mol. The number of amides is 2. The van der Waals surface area contributed by atoms with Crippen LogP contribution in [-0.4, -0.2) is 71.1 Å². The van der Waals surface area contributed by atoms with Gasteiger partial charge in [-0.25, -0.2) is 0 Å². The molecule has 3 aromatic rings. The van der Waals surface area contributed by atoms with Crippen molar-refractivity contribution in [1.82, 2.24) is 20.0 Å². The summed E-state index contributed by atoms with van der Waals surface area (Å²) < 4.78 is 5.62. The summed E-state index contributed by atoms with van der Waals surface area (Å²) >= 11 is 1.36. The SMILES string of the molecule is Cc1cccc(OCC(=O)N2CCN(CC(=O)Nc3nnc(-c4ccccc4C)s3)CC2)c1. The number of rotatable bonds is 7. The number of aromatic nitrogens is 2. The number of ether oxygens (including phenoxy) is 1. The largest absolute Gasteiger partial charge is 0.484 e. The second kappa shape index (κ2) is 10.5.